The molecule has 1 aliphatic carbocycles. The van der Waals surface area contributed by atoms with E-state index in [4.69, 9.17) is 0 Å². The summed E-state index contributed by atoms with van der Waals surface area (Å²) < 4.78 is 14.5. The van der Waals surface area contributed by atoms with E-state index in [-0.39, 0.29) is 17.5 Å². The van der Waals surface area contributed by atoms with Crippen molar-refractivity contribution in [3.8, 4) is 11.3 Å². The van der Waals surface area contributed by atoms with Crippen molar-refractivity contribution in [2.75, 3.05) is 13.1 Å². The highest BCUT2D eigenvalue weighted by Crippen LogP contribution is 2.32. The number of amides is 1. The van der Waals surface area contributed by atoms with Crippen molar-refractivity contribution in [1.29, 1.82) is 0 Å². The summed E-state index contributed by atoms with van der Waals surface area (Å²) in [5.74, 6) is -0.00289. The van der Waals surface area contributed by atoms with E-state index in [1.165, 1.54) is 37.3 Å². The second kappa shape index (κ2) is 12.9. The second-order valence-corrected chi connectivity index (χ2v) is 11.7. The number of pyridine rings is 1. The van der Waals surface area contributed by atoms with E-state index in [0.717, 1.165) is 47.6 Å². The Morgan fingerprint density at radius 2 is 1.88 bits per heavy atom. The van der Waals surface area contributed by atoms with E-state index < -0.39 is 11.9 Å². The van der Waals surface area contributed by atoms with Crippen LogP contribution in [0.2, 0.25) is 0 Å². The van der Waals surface area contributed by atoms with Crippen LogP contribution in [0.4, 0.5) is 4.39 Å². The zero-order valence-electron chi connectivity index (χ0n) is 24.7. The zero-order chi connectivity index (χ0) is 28.9. The third-order valence-electron chi connectivity index (χ3n) is 8.70. The van der Waals surface area contributed by atoms with Gasteiger partial charge in [0, 0.05) is 28.8 Å². The molecule has 2 heterocycles. The number of hydrogen-bond acceptors (Lipinski definition) is 4. The first-order valence-electron chi connectivity index (χ1n) is 15.1. The molecule has 7 heteroatoms. The van der Waals surface area contributed by atoms with Gasteiger partial charge in [-0.25, -0.2) is 4.39 Å². The molecule has 0 radical (unpaired) electrons. The molecule has 1 aliphatic rings. The largest absolute Gasteiger partial charge is 0.343 e. The summed E-state index contributed by atoms with van der Waals surface area (Å²) in [5.41, 5.74) is 4.80. The quantitative estimate of drug-likeness (QED) is 0.215. The summed E-state index contributed by atoms with van der Waals surface area (Å²) in [4.78, 5) is 20.1. The monoisotopic (exact) mass is 555 g/mol. The van der Waals surface area contributed by atoms with Crippen LogP contribution >= 0.6 is 0 Å². The van der Waals surface area contributed by atoms with Gasteiger partial charge in [-0.3, -0.25) is 14.9 Å². The van der Waals surface area contributed by atoms with Crippen LogP contribution in [0.25, 0.3) is 22.2 Å². The van der Waals surface area contributed by atoms with Crippen molar-refractivity contribution < 1.29 is 9.18 Å². The molecule has 1 fully saturated rings. The van der Waals surface area contributed by atoms with Gasteiger partial charge in [-0.15, -0.1) is 0 Å². The van der Waals surface area contributed by atoms with Crippen LogP contribution < -0.4 is 5.32 Å². The Morgan fingerprint density at radius 1 is 1.10 bits per heavy atom. The van der Waals surface area contributed by atoms with Gasteiger partial charge in [-0.1, -0.05) is 64.8 Å². The molecule has 6 nitrogen and oxygen atoms in total. The van der Waals surface area contributed by atoms with Crippen molar-refractivity contribution >= 4 is 16.8 Å². The van der Waals surface area contributed by atoms with Crippen LogP contribution in [0.5, 0.6) is 0 Å². The Bertz CT molecular complexity index is 1460. The lowest BCUT2D eigenvalue weighted by atomic mass is 9.81. The van der Waals surface area contributed by atoms with Gasteiger partial charge in [0.2, 0.25) is 0 Å². The van der Waals surface area contributed by atoms with Gasteiger partial charge in [0.25, 0.3) is 5.91 Å². The molecule has 216 valence electrons. The number of aromatic amines is 1. The SMILES string of the molecule is CCN(CC)C1CCCC(Cc2ccc(-c3n[nH]c4ccc(C(=O)N[C@H](c5ncccc5F)C(C)C)cc34)cc2)C1. The molecule has 0 saturated heterocycles. The minimum Gasteiger partial charge on any atom is -0.343 e. The molecule has 5 rings (SSSR count). The summed E-state index contributed by atoms with van der Waals surface area (Å²) >= 11 is 0. The average molecular weight is 556 g/mol. The van der Waals surface area contributed by atoms with Crippen LogP contribution in [-0.2, 0) is 6.42 Å². The number of hydrogen-bond donors (Lipinski definition) is 2. The smallest absolute Gasteiger partial charge is 0.251 e. The highest BCUT2D eigenvalue weighted by molar-refractivity contribution is 6.01. The molecule has 2 aromatic carbocycles. The predicted molar refractivity (Wildman–Crippen MR) is 163 cm³/mol. The molecular weight excluding hydrogens is 513 g/mol. The number of nitrogens with one attached hydrogen (secondary N) is 2. The van der Waals surface area contributed by atoms with Crippen LogP contribution in [0.15, 0.2) is 60.8 Å². The number of rotatable bonds is 10. The maximum Gasteiger partial charge on any atom is 0.251 e. The van der Waals surface area contributed by atoms with Crippen LogP contribution in [0.3, 0.4) is 0 Å². The van der Waals surface area contributed by atoms with Gasteiger partial charge in [0.05, 0.1) is 22.9 Å². The number of nitrogens with zero attached hydrogens (tertiary/aromatic N) is 3. The van der Waals surface area contributed by atoms with Crippen molar-refractivity contribution in [3.63, 3.8) is 0 Å². The minimum absolute atomic E-state index is 0.0354. The Kier molecular flexibility index (Phi) is 9.13. The highest BCUT2D eigenvalue weighted by atomic mass is 19.1. The fourth-order valence-electron chi connectivity index (χ4n) is 6.43. The second-order valence-electron chi connectivity index (χ2n) is 11.7. The molecule has 41 heavy (non-hydrogen) atoms. The molecule has 0 aliphatic heterocycles. The van der Waals surface area contributed by atoms with Gasteiger partial charge < -0.3 is 10.2 Å². The van der Waals surface area contributed by atoms with Crippen LogP contribution in [-0.4, -0.2) is 45.1 Å². The molecule has 1 saturated carbocycles. The Hall–Kier alpha value is -3.58. The number of H-pyrrole nitrogens is 1. The van der Waals surface area contributed by atoms with E-state index in [1.807, 2.05) is 26.0 Å². The molecule has 2 aromatic heterocycles. The van der Waals surface area contributed by atoms with Crippen molar-refractivity contribution in [2.24, 2.45) is 11.8 Å². The molecule has 1 amide bonds. The maximum atomic E-state index is 14.5. The fraction of sp³-hybridized carbons (Fsp3) is 0.441. The van der Waals surface area contributed by atoms with E-state index in [9.17, 15) is 9.18 Å². The van der Waals surface area contributed by atoms with Crippen molar-refractivity contribution in [2.45, 2.75) is 71.9 Å². The standard InChI is InChI=1S/C34H42FN5O/c1-5-40(6-2)27-10-7-9-24(20-27)19-23-12-14-25(15-13-23)32-28-21-26(16-17-30(28)38-39-32)34(41)37-31(22(3)4)33-29(35)11-8-18-36-33/h8,11-18,21-22,24,27,31H,5-7,9-10,19-20H2,1-4H3,(H,37,41)(H,38,39)/t24?,27?,31-/m0/s1. The summed E-state index contributed by atoms with van der Waals surface area (Å²) in [5, 5.41) is 11.6. The molecule has 2 N–H and O–H groups in total. The number of aromatic nitrogens is 3. The van der Waals surface area contributed by atoms with Gasteiger partial charge in [-0.05, 0) is 80.1 Å². The number of fused-ring (bicyclic) bond motifs is 1. The summed E-state index contributed by atoms with van der Waals surface area (Å²) in [7, 11) is 0. The minimum atomic E-state index is -0.540. The third-order valence-corrected chi connectivity index (χ3v) is 8.70. The van der Waals surface area contributed by atoms with E-state index in [1.54, 1.807) is 18.3 Å². The maximum absolute atomic E-state index is 14.5. The van der Waals surface area contributed by atoms with Gasteiger partial charge in [0.1, 0.15) is 5.82 Å². The lowest BCUT2D eigenvalue weighted by molar-refractivity contribution is 0.0923. The number of halogens is 1. The third kappa shape index (κ3) is 6.51. The van der Waals surface area contributed by atoms with Gasteiger partial charge in [0.15, 0.2) is 0 Å². The fourth-order valence-corrected chi connectivity index (χ4v) is 6.43. The normalized spacial score (nSPS) is 18.2. The molecule has 4 aromatic rings. The van der Waals surface area contributed by atoms with E-state index in [0.29, 0.717) is 11.6 Å². The molecular formula is C34H42FN5O. The van der Waals surface area contributed by atoms with Gasteiger partial charge >= 0.3 is 0 Å². The van der Waals surface area contributed by atoms with E-state index >= 15 is 0 Å². The van der Waals surface area contributed by atoms with Crippen LogP contribution in [0, 0.1) is 17.7 Å². The summed E-state index contributed by atoms with van der Waals surface area (Å²) in [6.07, 6.45) is 7.88. The predicted octanol–water partition coefficient (Wildman–Crippen LogP) is 7.33. The zero-order valence-corrected chi connectivity index (χ0v) is 24.7. The average Bonchev–Trinajstić information content (AvgIpc) is 3.41. The number of benzene rings is 2. The first-order chi connectivity index (χ1) is 19.9. The van der Waals surface area contributed by atoms with Crippen LogP contribution in [0.1, 0.15) is 81.0 Å². The summed E-state index contributed by atoms with van der Waals surface area (Å²) in [6, 6.07) is 17.3. The highest BCUT2D eigenvalue weighted by Gasteiger charge is 2.26. The Morgan fingerprint density at radius 3 is 2.59 bits per heavy atom. The topological polar surface area (TPSA) is 73.9 Å². The van der Waals surface area contributed by atoms with Gasteiger partial charge in [-0.2, -0.15) is 5.10 Å². The Labute approximate surface area is 242 Å². The number of carbonyl (C=O) groups is 1. The molecule has 0 spiro atoms. The molecule has 2 unspecified atom stereocenters. The van der Waals surface area contributed by atoms with Crippen molar-refractivity contribution in [3.05, 3.63) is 83.4 Å². The first-order valence-corrected chi connectivity index (χ1v) is 15.1. The molecule has 3 atom stereocenters. The molecule has 0 bridgehead atoms. The lowest BCUT2D eigenvalue weighted by Gasteiger charge is -2.36. The number of carbonyl (C=O) groups excluding carboxylic acids is 1. The van der Waals surface area contributed by atoms with E-state index in [2.05, 4.69) is 63.5 Å². The Balaban J connectivity index is 1.31. The summed E-state index contributed by atoms with van der Waals surface area (Å²) in [6.45, 7) is 10.7. The first kappa shape index (κ1) is 28.9. The lowest BCUT2D eigenvalue weighted by Crippen LogP contribution is -2.38. The van der Waals surface area contributed by atoms with Crippen molar-refractivity contribution in [1.82, 2.24) is 25.4 Å².